The summed E-state index contributed by atoms with van der Waals surface area (Å²) in [5, 5.41) is 0. The standard InChI is InChI=1S/C20H21NO/c1-14-8-4-5-9-17(14)13-12-15(2)21-16(3)18-10-6-7-11-19(18)20(21)22/h4-11,15H,3,12-13H2,1-2H3/t15-/m0/s1. The Morgan fingerprint density at radius 3 is 2.36 bits per heavy atom. The summed E-state index contributed by atoms with van der Waals surface area (Å²) < 4.78 is 0. The van der Waals surface area contributed by atoms with Gasteiger partial charge in [0.25, 0.3) is 5.91 Å². The first-order valence-corrected chi connectivity index (χ1v) is 7.76. The summed E-state index contributed by atoms with van der Waals surface area (Å²) in [6.45, 7) is 8.37. The van der Waals surface area contributed by atoms with Gasteiger partial charge in [-0.25, -0.2) is 0 Å². The number of rotatable bonds is 4. The highest BCUT2D eigenvalue weighted by Crippen LogP contribution is 2.33. The van der Waals surface area contributed by atoms with Crippen molar-refractivity contribution in [1.29, 1.82) is 0 Å². The molecule has 1 heterocycles. The quantitative estimate of drug-likeness (QED) is 0.815. The first kappa shape index (κ1) is 14.6. The molecule has 0 aromatic heterocycles. The molecular formula is C20H21NO. The predicted molar refractivity (Wildman–Crippen MR) is 90.6 cm³/mol. The highest BCUT2D eigenvalue weighted by atomic mass is 16.2. The second-order valence-electron chi connectivity index (χ2n) is 5.98. The minimum Gasteiger partial charge on any atom is -0.306 e. The van der Waals surface area contributed by atoms with Crippen LogP contribution in [-0.2, 0) is 6.42 Å². The molecule has 2 aromatic carbocycles. The SMILES string of the molecule is C=C1c2ccccc2C(=O)N1[C@@H](C)CCc1ccccc1C. The number of carbonyl (C=O) groups is 1. The Bertz CT molecular complexity index is 697. The summed E-state index contributed by atoms with van der Waals surface area (Å²) in [5.41, 5.74) is 5.23. The molecule has 0 fully saturated rings. The molecule has 22 heavy (non-hydrogen) atoms. The Kier molecular flexibility index (Phi) is 3.84. The van der Waals surface area contributed by atoms with Crippen LogP contribution in [0.4, 0.5) is 0 Å². The molecule has 0 aliphatic carbocycles. The van der Waals surface area contributed by atoms with Crippen LogP contribution in [0.15, 0.2) is 55.1 Å². The van der Waals surface area contributed by atoms with Gasteiger partial charge in [0.2, 0.25) is 0 Å². The second kappa shape index (κ2) is 5.80. The molecule has 0 saturated heterocycles. The Morgan fingerprint density at radius 1 is 1.05 bits per heavy atom. The zero-order valence-corrected chi connectivity index (χ0v) is 13.2. The van der Waals surface area contributed by atoms with E-state index >= 15 is 0 Å². The summed E-state index contributed by atoms with van der Waals surface area (Å²) in [6, 6.07) is 16.3. The second-order valence-corrected chi connectivity index (χ2v) is 5.98. The minimum absolute atomic E-state index is 0.0814. The molecule has 0 saturated carbocycles. The van der Waals surface area contributed by atoms with Gasteiger partial charge in [-0.3, -0.25) is 4.79 Å². The van der Waals surface area contributed by atoms with Gasteiger partial charge in [0, 0.05) is 22.9 Å². The van der Waals surface area contributed by atoms with Gasteiger partial charge in [0.15, 0.2) is 0 Å². The number of hydrogen-bond acceptors (Lipinski definition) is 1. The van der Waals surface area contributed by atoms with E-state index in [4.69, 9.17) is 0 Å². The van der Waals surface area contributed by atoms with Gasteiger partial charge in [-0.2, -0.15) is 0 Å². The molecule has 1 aliphatic rings. The maximum atomic E-state index is 12.6. The van der Waals surface area contributed by atoms with Crippen molar-refractivity contribution in [3.8, 4) is 0 Å². The predicted octanol–water partition coefficient (Wildman–Crippen LogP) is 4.44. The first-order chi connectivity index (χ1) is 10.6. The zero-order chi connectivity index (χ0) is 15.7. The fourth-order valence-electron chi connectivity index (χ4n) is 3.15. The lowest BCUT2D eigenvalue weighted by Gasteiger charge is -2.25. The molecule has 0 spiro atoms. The van der Waals surface area contributed by atoms with Gasteiger partial charge in [-0.05, 0) is 43.9 Å². The molecule has 3 rings (SSSR count). The molecule has 0 N–H and O–H groups in total. The van der Waals surface area contributed by atoms with E-state index in [1.165, 1.54) is 11.1 Å². The van der Waals surface area contributed by atoms with E-state index in [-0.39, 0.29) is 11.9 Å². The Morgan fingerprint density at radius 2 is 1.68 bits per heavy atom. The van der Waals surface area contributed by atoms with Gasteiger partial charge in [-0.1, -0.05) is 49.0 Å². The van der Waals surface area contributed by atoms with E-state index in [0.29, 0.717) is 0 Å². The molecule has 2 nitrogen and oxygen atoms in total. The van der Waals surface area contributed by atoms with Crippen molar-refractivity contribution in [2.24, 2.45) is 0 Å². The Balaban J connectivity index is 1.74. The molecule has 1 amide bonds. The molecule has 0 radical (unpaired) electrons. The van der Waals surface area contributed by atoms with Gasteiger partial charge in [-0.15, -0.1) is 0 Å². The minimum atomic E-state index is 0.0814. The van der Waals surface area contributed by atoms with Crippen LogP contribution in [0.5, 0.6) is 0 Å². The summed E-state index contributed by atoms with van der Waals surface area (Å²) in [4.78, 5) is 14.4. The Hall–Kier alpha value is -2.35. The Labute approximate surface area is 132 Å². The van der Waals surface area contributed by atoms with Crippen LogP contribution >= 0.6 is 0 Å². The summed E-state index contributed by atoms with van der Waals surface area (Å²) in [6.07, 6.45) is 1.91. The van der Waals surface area contributed by atoms with Crippen molar-refractivity contribution >= 4 is 11.6 Å². The fraction of sp³-hybridized carbons (Fsp3) is 0.250. The van der Waals surface area contributed by atoms with Crippen molar-refractivity contribution in [3.05, 3.63) is 77.4 Å². The molecule has 0 bridgehead atoms. The van der Waals surface area contributed by atoms with Gasteiger partial charge in [0.1, 0.15) is 0 Å². The zero-order valence-electron chi connectivity index (χ0n) is 13.2. The van der Waals surface area contributed by atoms with Crippen LogP contribution in [0.2, 0.25) is 0 Å². The largest absolute Gasteiger partial charge is 0.306 e. The highest BCUT2D eigenvalue weighted by Gasteiger charge is 2.33. The number of fused-ring (bicyclic) bond motifs is 1. The maximum absolute atomic E-state index is 12.6. The van der Waals surface area contributed by atoms with Crippen LogP contribution < -0.4 is 0 Å². The maximum Gasteiger partial charge on any atom is 0.259 e. The highest BCUT2D eigenvalue weighted by molar-refractivity contribution is 6.09. The number of amides is 1. The van der Waals surface area contributed by atoms with E-state index in [0.717, 1.165) is 29.7 Å². The normalized spacial score (nSPS) is 15.1. The number of aryl methyl sites for hydroxylation is 2. The third-order valence-corrected chi connectivity index (χ3v) is 4.51. The van der Waals surface area contributed by atoms with Crippen LogP contribution in [-0.4, -0.2) is 16.8 Å². The molecule has 1 atom stereocenters. The van der Waals surface area contributed by atoms with E-state index < -0.39 is 0 Å². The van der Waals surface area contributed by atoms with E-state index in [9.17, 15) is 4.79 Å². The monoisotopic (exact) mass is 291 g/mol. The van der Waals surface area contributed by atoms with Crippen molar-refractivity contribution in [3.63, 3.8) is 0 Å². The smallest absolute Gasteiger partial charge is 0.259 e. The van der Waals surface area contributed by atoms with Gasteiger partial charge < -0.3 is 4.90 Å². The van der Waals surface area contributed by atoms with Crippen LogP contribution in [0.1, 0.15) is 40.4 Å². The first-order valence-electron chi connectivity index (χ1n) is 7.76. The van der Waals surface area contributed by atoms with Crippen LogP contribution in [0, 0.1) is 6.92 Å². The van der Waals surface area contributed by atoms with Crippen molar-refractivity contribution in [1.82, 2.24) is 4.90 Å². The number of carbonyl (C=O) groups excluding carboxylic acids is 1. The molecule has 2 aromatic rings. The molecule has 1 aliphatic heterocycles. The lowest BCUT2D eigenvalue weighted by Crippen LogP contribution is -2.32. The lowest BCUT2D eigenvalue weighted by atomic mass is 10.0. The lowest BCUT2D eigenvalue weighted by molar-refractivity contribution is 0.0808. The third kappa shape index (κ3) is 2.45. The summed E-state index contributed by atoms with van der Waals surface area (Å²) in [5.74, 6) is 0.0814. The van der Waals surface area contributed by atoms with Crippen molar-refractivity contribution in [2.45, 2.75) is 32.7 Å². The van der Waals surface area contributed by atoms with Crippen molar-refractivity contribution < 1.29 is 4.79 Å². The average Bonchev–Trinajstić information content (AvgIpc) is 2.78. The van der Waals surface area contributed by atoms with Gasteiger partial charge >= 0.3 is 0 Å². The van der Waals surface area contributed by atoms with E-state index in [1.807, 2.05) is 29.2 Å². The molecule has 2 heteroatoms. The number of hydrogen-bond donors (Lipinski definition) is 0. The fourth-order valence-corrected chi connectivity index (χ4v) is 3.15. The molecular weight excluding hydrogens is 270 g/mol. The summed E-state index contributed by atoms with van der Waals surface area (Å²) >= 11 is 0. The number of nitrogens with zero attached hydrogens (tertiary/aromatic N) is 1. The van der Waals surface area contributed by atoms with E-state index in [2.05, 4.69) is 44.7 Å². The third-order valence-electron chi connectivity index (χ3n) is 4.51. The van der Waals surface area contributed by atoms with Crippen LogP contribution in [0.25, 0.3) is 5.70 Å². The topological polar surface area (TPSA) is 20.3 Å². The molecule has 112 valence electrons. The average molecular weight is 291 g/mol. The molecule has 0 unspecified atom stereocenters. The number of benzene rings is 2. The van der Waals surface area contributed by atoms with E-state index in [1.54, 1.807) is 0 Å². The summed E-state index contributed by atoms with van der Waals surface area (Å²) in [7, 11) is 0. The van der Waals surface area contributed by atoms with Crippen LogP contribution in [0.3, 0.4) is 0 Å². The van der Waals surface area contributed by atoms with Gasteiger partial charge in [0.05, 0.1) is 0 Å². The van der Waals surface area contributed by atoms with Crippen molar-refractivity contribution in [2.75, 3.05) is 0 Å².